The van der Waals surface area contributed by atoms with Crippen molar-refractivity contribution in [3.63, 3.8) is 0 Å². The molecule has 1 unspecified atom stereocenters. The standard InChI is InChI=1S/C24H24F3N9O3S/c1-11-17(19(14-5-6-14)32-10-31-11)20-33-12(2)18-22(35-20)36(13(3)24(25,26)27)23(37)21(34-18)30-9-16-28-7-15(8-29-16)40(4,38)39/h7-8,10,13-14H,5-6,9H2,1-4H3,(H-,30,34,38,39)/p+1/t13-/m0/s1. The van der Waals surface area contributed by atoms with Crippen LogP contribution in [0.4, 0.5) is 19.0 Å². The first-order valence-electron chi connectivity index (χ1n) is 12.2. The molecule has 1 aliphatic carbocycles. The molecule has 1 fully saturated rings. The maximum Gasteiger partial charge on any atom is 0.409 e. The Balaban J connectivity index is 1.63. The molecule has 16 heteroatoms. The Morgan fingerprint density at radius 1 is 1.10 bits per heavy atom. The number of nitrogens with zero attached hydrogens (tertiary/aromatic N) is 8. The fourth-order valence-corrected chi connectivity index (χ4v) is 4.68. The number of rotatable bonds is 7. The molecule has 4 aromatic rings. The molecular formula is C24H25F3N9O3S+. The molecule has 0 aromatic carbocycles. The number of hydrogen-bond donors (Lipinski definition) is 2. The van der Waals surface area contributed by atoms with Gasteiger partial charge in [0.05, 0.1) is 41.6 Å². The van der Waals surface area contributed by atoms with Crippen molar-refractivity contribution >= 4 is 27.2 Å². The van der Waals surface area contributed by atoms with Gasteiger partial charge in [-0.25, -0.2) is 34.9 Å². The van der Waals surface area contributed by atoms with E-state index in [-0.39, 0.29) is 51.7 Å². The van der Waals surface area contributed by atoms with E-state index in [0.29, 0.717) is 15.8 Å². The fraction of sp³-hybridized carbons (Fsp3) is 0.417. The molecule has 2 N–H and O–H groups in total. The largest absolute Gasteiger partial charge is 0.409 e. The Morgan fingerprint density at radius 3 is 2.38 bits per heavy atom. The number of aryl methyl sites for hydroxylation is 2. The maximum atomic E-state index is 14.0. The summed E-state index contributed by atoms with van der Waals surface area (Å²) in [6.45, 7) is 4.00. The van der Waals surface area contributed by atoms with Crippen LogP contribution in [0.1, 0.15) is 54.6 Å². The molecular weight excluding hydrogens is 551 g/mol. The van der Waals surface area contributed by atoms with Crippen LogP contribution in [0.5, 0.6) is 0 Å². The van der Waals surface area contributed by atoms with Crippen LogP contribution in [0, 0.1) is 13.8 Å². The molecule has 0 spiro atoms. The van der Waals surface area contributed by atoms with Crippen molar-refractivity contribution in [1.29, 1.82) is 0 Å². The number of fused-ring (bicyclic) bond motifs is 1. The number of halogens is 3. The van der Waals surface area contributed by atoms with Gasteiger partial charge in [-0.1, -0.05) is 4.21 Å². The lowest BCUT2D eigenvalue weighted by Crippen LogP contribution is -2.35. The van der Waals surface area contributed by atoms with Gasteiger partial charge in [-0.2, -0.15) is 17.7 Å². The van der Waals surface area contributed by atoms with E-state index in [1.165, 1.54) is 6.33 Å². The van der Waals surface area contributed by atoms with E-state index >= 15 is 0 Å². The molecule has 210 valence electrons. The normalized spacial score (nSPS) is 16.1. The minimum absolute atomic E-state index is 0.00620. The lowest BCUT2D eigenvalue weighted by atomic mass is 10.1. The average molecular weight is 577 g/mol. The van der Waals surface area contributed by atoms with Crippen LogP contribution < -0.4 is 10.9 Å². The van der Waals surface area contributed by atoms with Gasteiger partial charge < -0.3 is 5.32 Å². The first-order valence-corrected chi connectivity index (χ1v) is 14.1. The highest BCUT2D eigenvalue weighted by atomic mass is 32.3. The van der Waals surface area contributed by atoms with Gasteiger partial charge in [0, 0.05) is 5.92 Å². The molecule has 0 bridgehead atoms. The predicted molar refractivity (Wildman–Crippen MR) is 139 cm³/mol. The smallest absolute Gasteiger partial charge is 0.358 e. The lowest BCUT2D eigenvalue weighted by Gasteiger charge is -2.21. The molecule has 12 nitrogen and oxygen atoms in total. The van der Waals surface area contributed by atoms with Crippen LogP contribution in [0.3, 0.4) is 0 Å². The topological polar surface area (TPSA) is 162 Å². The van der Waals surface area contributed by atoms with Crippen LogP contribution in [-0.2, 0) is 21.0 Å². The van der Waals surface area contributed by atoms with Crippen LogP contribution in [-0.4, -0.2) is 56.4 Å². The van der Waals surface area contributed by atoms with E-state index in [2.05, 4.69) is 40.2 Å². The summed E-state index contributed by atoms with van der Waals surface area (Å²) in [6, 6.07) is -2.23. The Bertz CT molecular complexity index is 1720. The van der Waals surface area contributed by atoms with Crippen LogP contribution in [0.25, 0.3) is 22.6 Å². The SMILES string of the molecule is Cc1ncnc(C2CC2)c1-c1nc(C)c2nc(NCc3ncc([S+](C)(=O)O)cn3)c(=O)n([C@@H](C)C(F)(F)F)c2n1. The minimum Gasteiger partial charge on any atom is -0.358 e. The van der Waals surface area contributed by atoms with E-state index in [9.17, 15) is 26.7 Å². The first kappa shape index (κ1) is 27.6. The molecule has 1 saturated carbocycles. The van der Waals surface area contributed by atoms with Gasteiger partial charge in [-0.15, -0.1) is 0 Å². The van der Waals surface area contributed by atoms with Gasteiger partial charge in [-0.3, -0.25) is 9.36 Å². The Labute approximate surface area is 226 Å². The van der Waals surface area contributed by atoms with Crippen molar-refractivity contribution in [2.45, 2.75) is 63.2 Å². The van der Waals surface area contributed by atoms with Crippen molar-refractivity contribution < 1.29 is 21.9 Å². The molecule has 40 heavy (non-hydrogen) atoms. The number of nitrogens with one attached hydrogen (secondary N) is 1. The third kappa shape index (κ3) is 5.28. The molecule has 5 rings (SSSR count). The zero-order chi connectivity index (χ0) is 29.0. The highest BCUT2D eigenvalue weighted by Gasteiger charge is 2.40. The molecule has 0 saturated heterocycles. The Hall–Kier alpha value is -3.92. The average Bonchev–Trinajstić information content (AvgIpc) is 3.72. The lowest BCUT2D eigenvalue weighted by molar-refractivity contribution is -0.162. The molecule has 4 aromatic heterocycles. The summed E-state index contributed by atoms with van der Waals surface area (Å²) >= 11 is 0. The van der Waals surface area contributed by atoms with Crippen molar-refractivity contribution in [1.82, 2.24) is 39.5 Å². The zero-order valence-corrected chi connectivity index (χ0v) is 22.7. The number of anilines is 1. The van der Waals surface area contributed by atoms with E-state index in [1.807, 2.05) is 0 Å². The summed E-state index contributed by atoms with van der Waals surface area (Å²) in [4.78, 5) is 43.3. The van der Waals surface area contributed by atoms with E-state index < -0.39 is 28.0 Å². The summed E-state index contributed by atoms with van der Waals surface area (Å²) in [5.74, 6) is 0.0596. The van der Waals surface area contributed by atoms with Crippen molar-refractivity contribution in [2.24, 2.45) is 0 Å². The highest BCUT2D eigenvalue weighted by molar-refractivity contribution is 7.97. The van der Waals surface area contributed by atoms with Crippen LogP contribution >= 0.6 is 0 Å². The van der Waals surface area contributed by atoms with Crippen molar-refractivity contribution in [3.05, 3.63) is 52.0 Å². The third-order valence-electron chi connectivity index (χ3n) is 6.56. The van der Waals surface area contributed by atoms with Gasteiger partial charge in [0.2, 0.25) is 15.1 Å². The van der Waals surface area contributed by atoms with Crippen molar-refractivity contribution in [3.8, 4) is 11.4 Å². The van der Waals surface area contributed by atoms with Crippen LogP contribution in [0.15, 0.2) is 28.4 Å². The Kier molecular flexibility index (Phi) is 6.86. The predicted octanol–water partition coefficient (Wildman–Crippen LogP) is 3.62. The van der Waals surface area contributed by atoms with Gasteiger partial charge in [0.15, 0.2) is 17.3 Å². The second-order valence-corrected chi connectivity index (χ2v) is 11.7. The summed E-state index contributed by atoms with van der Waals surface area (Å²) in [7, 11) is -3.27. The highest BCUT2D eigenvalue weighted by Crippen LogP contribution is 2.43. The maximum absolute atomic E-state index is 14.0. The fourth-order valence-electron chi connectivity index (χ4n) is 4.18. The molecule has 0 radical (unpaired) electrons. The molecule has 0 aliphatic heterocycles. The number of aromatic nitrogens is 8. The monoisotopic (exact) mass is 576 g/mol. The van der Waals surface area contributed by atoms with E-state index in [4.69, 9.17) is 0 Å². The second-order valence-electron chi connectivity index (χ2n) is 9.64. The summed E-state index contributed by atoms with van der Waals surface area (Å²) in [5, 5.41) is 2.70. The van der Waals surface area contributed by atoms with E-state index in [0.717, 1.165) is 44.1 Å². The number of hydrogen-bond acceptors (Lipinski definition) is 10. The first-order chi connectivity index (χ1) is 18.8. The summed E-state index contributed by atoms with van der Waals surface area (Å²) < 4.78 is 63.9. The third-order valence-corrected chi connectivity index (χ3v) is 7.65. The van der Waals surface area contributed by atoms with Gasteiger partial charge in [-0.05, 0) is 33.6 Å². The minimum atomic E-state index is -4.77. The number of alkyl halides is 3. The summed E-state index contributed by atoms with van der Waals surface area (Å²) in [5.41, 5.74) is 0.786. The summed E-state index contributed by atoms with van der Waals surface area (Å²) in [6.07, 6.45) is 1.95. The molecule has 4 heterocycles. The molecule has 2 atom stereocenters. The molecule has 0 amide bonds. The second kappa shape index (κ2) is 9.92. The van der Waals surface area contributed by atoms with Crippen molar-refractivity contribution in [2.75, 3.05) is 11.6 Å². The van der Waals surface area contributed by atoms with Gasteiger partial charge in [0.25, 0.3) is 5.56 Å². The van der Waals surface area contributed by atoms with Gasteiger partial charge >= 0.3 is 6.18 Å². The molecule has 1 aliphatic rings. The van der Waals surface area contributed by atoms with E-state index in [1.54, 1.807) is 13.8 Å². The van der Waals surface area contributed by atoms with Crippen LogP contribution in [0.2, 0.25) is 0 Å². The zero-order valence-electron chi connectivity index (χ0n) is 21.9. The Morgan fingerprint density at radius 2 is 1.77 bits per heavy atom. The quantitative estimate of drug-likeness (QED) is 0.309. The van der Waals surface area contributed by atoms with Gasteiger partial charge in [0.1, 0.15) is 30.0 Å².